The van der Waals surface area contributed by atoms with Crippen molar-refractivity contribution in [3.05, 3.63) is 45.9 Å². The van der Waals surface area contributed by atoms with E-state index in [1.807, 2.05) is 18.3 Å². The molecule has 1 aromatic carbocycles. The highest BCUT2D eigenvalue weighted by molar-refractivity contribution is 7.11. The molecule has 0 atom stereocenters. The molecule has 2 rings (SSSR count). The zero-order chi connectivity index (χ0) is 14.4. The number of benzene rings is 1. The summed E-state index contributed by atoms with van der Waals surface area (Å²) < 4.78 is 5.17. The lowest BCUT2D eigenvalue weighted by Gasteiger charge is -2.04. The van der Waals surface area contributed by atoms with Gasteiger partial charge in [0.25, 0.3) is 0 Å². The van der Waals surface area contributed by atoms with Crippen LogP contribution in [0.5, 0.6) is 5.75 Å². The average molecular weight is 290 g/mol. The lowest BCUT2D eigenvalue weighted by Crippen LogP contribution is -2.18. The maximum absolute atomic E-state index is 5.17. The van der Waals surface area contributed by atoms with Crippen molar-refractivity contribution in [3.8, 4) is 5.75 Å². The number of thiazole rings is 1. The van der Waals surface area contributed by atoms with Gasteiger partial charge in [0.2, 0.25) is 0 Å². The molecule has 0 bridgehead atoms. The van der Waals surface area contributed by atoms with Crippen LogP contribution in [-0.2, 0) is 13.0 Å². The molecular formula is C16H22N2OS. The van der Waals surface area contributed by atoms with Crippen LogP contribution in [0.15, 0.2) is 30.5 Å². The van der Waals surface area contributed by atoms with Crippen molar-refractivity contribution in [1.82, 2.24) is 10.3 Å². The van der Waals surface area contributed by atoms with E-state index in [-0.39, 0.29) is 0 Å². The normalized spacial score (nSPS) is 11.0. The minimum Gasteiger partial charge on any atom is -0.497 e. The summed E-state index contributed by atoms with van der Waals surface area (Å²) in [4.78, 5) is 5.80. The van der Waals surface area contributed by atoms with Crippen LogP contribution < -0.4 is 10.1 Å². The third-order valence-corrected chi connectivity index (χ3v) is 3.96. The van der Waals surface area contributed by atoms with E-state index < -0.39 is 0 Å². The summed E-state index contributed by atoms with van der Waals surface area (Å²) in [6.45, 7) is 6.40. The molecule has 0 unspecified atom stereocenters. The van der Waals surface area contributed by atoms with E-state index in [4.69, 9.17) is 4.74 Å². The van der Waals surface area contributed by atoms with Crippen molar-refractivity contribution in [2.75, 3.05) is 13.7 Å². The monoisotopic (exact) mass is 290 g/mol. The van der Waals surface area contributed by atoms with Crippen LogP contribution in [0, 0.1) is 5.92 Å². The minimum absolute atomic E-state index is 0.682. The second kappa shape index (κ2) is 7.41. The lowest BCUT2D eigenvalue weighted by molar-refractivity contribution is 0.414. The van der Waals surface area contributed by atoms with Gasteiger partial charge < -0.3 is 10.1 Å². The van der Waals surface area contributed by atoms with E-state index >= 15 is 0 Å². The smallest absolute Gasteiger partial charge is 0.118 e. The van der Waals surface area contributed by atoms with Gasteiger partial charge >= 0.3 is 0 Å². The van der Waals surface area contributed by atoms with Crippen molar-refractivity contribution in [1.29, 1.82) is 0 Å². The predicted octanol–water partition coefficient (Wildman–Crippen LogP) is 3.49. The molecule has 0 amide bonds. The molecule has 3 nitrogen and oxygen atoms in total. The molecule has 1 N–H and O–H groups in total. The van der Waals surface area contributed by atoms with Crippen LogP contribution >= 0.6 is 11.3 Å². The van der Waals surface area contributed by atoms with E-state index in [9.17, 15) is 0 Å². The van der Waals surface area contributed by atoms with Crippen molar-refractivity contribution in [2.45, 2.75) is 26.8 Å². The molecule has 4 heteroatoms. The Hall–Kier alpha value is -1.39. The Balaban J connectivity index is 1.88. The molecule has 0 fully saturated rings. The first-order valence-electron chi connectivity index (χ1n) is 6.94. The van der Waals surface area contributed by atoms with Gasteiger partial charge in [-0.05, 0) is 30.2 Å². The predicted molar refractivity (Wildman–Crippen MR) is 84.5 cm³/mol. The molecule has 108 valence electrons. The van der Waals surface area contributed by atoms with Crippen molar-refractivity contribution in [2.24, 2.45) is 5.92 Å². The molecule has 2 aromatic rings. The Kier molecular flexibility index (Phi) is 5.56. The Morgan fingerprint density at radius 1 is 1.25 bits per heavy atom. The lowest BCUT2D eigenvalue weighted by atomic mass is 10.1. The van der Waals surface area contributed by atoms with Gasteiger partial charge in [-0.25, -0.2) is 4.98 Å². The number of methoxy groups -OCH3 is 1. The first-order valence-corrected chi connectivity index (χ1v) is 7.76. The average Bonchev–Trinajstić information content (AvgIpc) is 2.87. The van der Waals surface area contributed by atoms with Crippen LogP contribution in [0.1, 0.15) is 29.3 Å². The highest BCUT2D eigenvalue weighted by atomic mass is 32.1. The largest absolute Gasteiger partial charge is 0.497 e. The van der Waals surface area contributed by atoms with E-state index in [1.165, 1.54) is 10.4 Å². The topological polar surface area (TPSA) is 34.1 Å². The second-order valence-electron chi connectivity index (χ2n) is 5.27. The zero-order valence-corrected chi connectivity index (χ0v) is 13.2. The number of rotatable bonds is 7. The number of nitrogens with zero attached hydrogens (tertiary/aromatic N) is 1. The molecule has 0 aliphatic rings. The maximum Gasteiger partial charge on any atom is 0.118 e. The van der Waals surface area contributed by atoms with Crippen molar-refractivity contribution in [3.63, 3.8) is 0 Å². The van der Waals surface area contributed by atoms with E-state index in [2.05, 4.69) is 36.3 Å². The van der Waals surface area contributed by atoms with Crippen molar-refractivity contribution < 1.29 is 4.74 Å². The van der Waals surface area contributed by atoms with Crippen LogP contribution in [0.3, 0.4) is 0 Å². The van der Waals surface area contributed by atoms with Gasteiger partial charge in [0.1, 0.15) is 5.75 Å². The summed E-state index contributed by atoms with van der Waals surface area (Å²) in [6.07, 6.45) is 2.87. The van der Waals surface area contributed by atoms with E-state index in [0.29, 0.717) is 5.92 Å². The minimum atomic E-state index is 0.682. The standard InChI is InChI=1S/C16H22N2OS/c1-12(2)9-17-10-15-11-18-16(20-15)8-13-4-6-14(19-3)7-5-13/h4-7,11-12,17H,8-10H2,1-3H3. The Bertz CT molecular complexity index is 520. The van der Waals surface area contributed by atoms with Crippen molar-refractivity contribution >= 4 is 11.3 Å². The number of hydrogen-bond donors (Lipinski definition) is 1. The number of nitrogens with one attached hydrogen (secondary N) is 1. The first kappa shape index (κ1) is 15.0. The molecule has 0 spiro atoms. The Morgan fingerprint density at radius 3 is 2.65 bits per heavy atom. The van der Waals surface area contributed by atoms with Gasteiger partial charge in [0, 0.05) is 24.0 Å². The molecule has 1 aromatic heterocycles. The SMILES string of the molecule is COc1ccc(Cc2ncc(CNCC(C)C)s2)cc1. The fourth-order valence-corrected chi connectivity index (χ4v) is 2.84. The number of aromatic nitrogens is 1. The number of hydrogen-bond acceptors (Lipinski definition) is 4. The fraction of sp³-hybridized carbons (Fsp3) is 0.438. The molecule has 0 saturated carbocycles. The van der Waals surface area contributed by atoms with Gasteiger partial charge in [-0.2, -0.15) is 0 Å². The highest BCUT2D eigenvalue weighted by Crippen LogP contribution is 2.18. The molecule has 20 heavy (non-hydrogen) atoms. The molecule has 0 aliphatic heterocycles. The second-order valence-corrected chi connectivity index (χ2v) is 6.47. The van der Waals surface area contributed by atoms with E-state index in [1.54, 1.807) is 18.4 Å². The van der Waals surface area contributed by atoms with Crippen LogP contribution in [0.4, 0.5) is 0 Å². The summed E-state index contributed by atoms with van der Waals surface area (Å²) in [5.74, 6) is 1.58. The highest BCUT2D eigenvalue weighted by Gasteiger charge is 2.04. The third kappa shape index (κ3) is 4.62. The van der Waals surface area contributed by atoms with Gasteiger partial charge in [-0.1, -0.05) is 26.0 Å². The van der Waals surface area contributed by atoms with Gasteiger partial charge in [-0.15, -0.1) is 11.3 Å². The molecule has 0 radical (unpaired) electrons. The Morgan fingerprint density at radius 2 is 2.00 bits per heavy atom. The van der Waals surface area contributed by atoms with Crippen LogP contribution in [0.25, 0.3) is 0 Å². The first-order chi connectivity index (χ1) is 9.67. The van der Waals surface area contributed by atoms with Gasteiger partial charge in [0.15, 0.2) is 0 Å². The quantitative estimate of drug-likeness (QED) is 0.847. The molecular weight excluding hydrogens is 268 g/mol. The van der Waals surface area contributed by atoms with Crippen LogP contribution in [0.2, 0.25) is 0 Å². The molecule has 1 heterocycles. The van der Waals surface area contributed by atoms with Gasteiger partial charge in [-0.3, -0.25) is 0 Å². The summed E-state index contributed by atoms with van der Waals surface area (Å²) in [5.41, 5.74) is 1.27. The van der Waals surface area contributed by atoms with Crippen LogP contribution in [-0.4, -0.2) is 18.6 Å². The maximum atomic E-state index is 5.17. The Labute approximate surface area is 125 Å². The fourth-order valence-electron chi connectivity index (χ4n) is 1.91. The summed E-state index contributed by atoms with van der Waals surface area (Å²) in [7, 11) is 1.69. The molecule has 0 aliphatic carbocycles. The number of ether oxygens (including phenoxy) is 1. The van der Waals surface area contributed by atoms with E-state index in [0.717, 1.165) is 30.3 Å². The van der Waals surface area contributed by atoms with Gasteiger partial charge in [0.05, 0.1) is 12.1 Å². The summed E-state index contributed by atoms with van der Waals surface area (Å²) in [6, 6.07) is 8.18. The summed E-state index contributed by atoms with van der Waals surface area (Å²) in [5, 5.41) is 4.61. The molecule has 0 saturated heterocycles. The zero-order valence-electron chi connectivity index (χ0n) is 12.3. The third-order valence-electron chi connectivity index (χ3n) is 2.97. The summed E-state index contributed by atoms with van der Waals surface area (Å²) >= 11 is 1.78.